The maximum atomic E-state index is 11.8. The predicted molar refractivity (Wildman–Crippen MR) is 98.9 cm³/mol. The van der Waals surface area contributed by atoms with E-state index in [4.69, 9.17) is 9.47 Å². The van der Waals surface area contributed by atoms with E-state index in [1.165, 1.54) is 18.2 Å². The van der Waals surface area contributed by atoms with Crippen LogP contribution in [0.4, 0.5) is 17.1 Å². The van der Waals surface area contributed by atoms with E-state index in [9.17, 15) is 19.7 Å². The average Bonchev–Trinajstić information content (AvgIpc) is 2.65. The molecule has 0 fully saturated rings. The van der Waals surface area contributed by atoms with Gasteiger partial charge in [-0.05, 0) is 30.3 Å². The third-order valence-corrected chi connectivity index (χ3v) is 3.44. The zero-order valence-electron chi connectivity index (χ0n) is 14.9. The lowest BCUT2D eigenvalue weighted by atomic mass is 10.2. The van der Waals surface area contributed by atoms with E-state index >= 15 is 0 Å². The van der Waals surface area contributed by atoms with Crippen LogP contribution in [-0.2, 0) is 14.3 Å². The molecule has 0 aromatic heterocycles. The van der Waals surface area contributed by atoms with Crippen molar-refractivity contribution < 1.29 is 24.0 Å². The van der Waals surface area contributed by atoms with Crippen molar-refractivity contribution in [1.29, 1.82) is 0 Å². The molecule has 1 amide bonds. The lowest BCUT2D eigenvalue weighted by Crippen LogP contribution is -2.23. The highest BCUT2D eigenvalue weighted by molar-refractivity contribution is 5.93. The van der Waals surface area contributed by atoms with Crippen LogP contribution in [0.2, 0.25) is 0 Å². The molecule has 0 saturated heterocycles. The third kappa shape index (κ3) is 5.99. The molecule has 9 heteroatoms. The molecule has 0 radical (unpaired) electrons. The quantitative estimate of drug-likeness (QED) is 0.429. The molecule has 142 valence electrons. The van der Waals surface area contributed by atoms with Crippen LogP contribution in [0.5, 0.6) is 5.75 Å². The highest BCUT2D eigenvalue weighted by Crippen LogP contribution is 2.25. The molecule has 2 aromatic carbocycles. The fourth-order valence-electron chi connectivity index (χ4n) is 2.09. The van der Waals surface area contributed by atoms with Gasteiger partial charge in [-0.1, -0.05) is 12.1 Å². The van der Waals surface area contributed by atoms with E-state index in [1.807, 2.05) is 31.1 Å². The number of amides is 1. The molecule has 0 saturated carbocycles. The van der Waals surface area contributed by atoms with Gasteiger partial charge in [0.15, 0.2) is 19.0 Å². The van der Waals surface area contributed by atoms with E-state index in [-0.39, 0.29) is 11.4 Å². The summed E-state index contributed by atoms with van der Waals surface area (Å²) in [6.45, 7) is -1.04. The molecule has 9 nitrogen and oxygen atoms in total. The van der Waals surface area contributed by atoms with Gasteiger partial charge in [-0.15, -0.1) is 0 Å². The Bertz CT molecular complexity index is 820. The van der Waals surface area contributed by atoms with Crippen LogP contribution >= 0.6 is 0 Å². The zero-order valence-corrected chi connectivity index (χ0v) is 14.9. The number of esters is 1. The fraction of sp³-hybridized carbons (Fsp3) is 0.222. The zero-order chi connectivity index (χ0) is 19.8. The predicted octanol–water partition coefficient (Wildman–Crippen LogP) is 2.22. The van der Waals surface area contributed by atoms with Gasteiger partial charge in [0.2, 0.25) is 0 Å². The van der Waals surface area contributed by atoms with Crippen LogP contribution in [0.15, 0.2) is 48.5 Å². The Morgan fingerprint density at radius 1 is 1.07 bits per heavy atom. The summed E-state index contributed by atoms with van der Waals surface area (Å²) in [5, 5.41) is 13.5. The van der Waals surface area contributed by atoms with Gasteiger partial charge in [-0.2, -0.15) is 0 Å². The van der Waals surface area contributed by atoms with Gasteiger partial charge < -0.3 is 19.7 Å². The molecule has 0 spiro atoms. The van der Waals surface area contributed by atoms with Crippen LogP contribution in [-0.4, -0.2) is 44.1 Å². The molecule has 0 heterocycles. The lowest BCUT2D eigenvalue weighted by molar-refractivity contribution is -0.385. The molecule has 2 aromatic rings. The van der Waals surface area contributed by atoms with Crippen LogP contribution in [0, 0.1) is 10.1 Å². The number of anilines is 2. The molecule has 0 bridgehead atoms. The van der Waals surface area contributed by atoms with Crippen molar-refractivity contribution in [2.45, 2.75) is 0 Å². The lowest BCUT2D eigenvalue weighted by Gasteiger charge is -2.13. The number of benzene rings is 2. The fourth-order valence-corrected chi connectivity index (χ4v) is 2.09. The van der Waals surface area contributed by atoms with Crippen molar-refractivity contribution >= 4 is 28.9 Å². The van der Waals surface area contributed by atoms with Crippen molar-refractivity contribution in [2.75, 3.05) is 37.5 Å². The molecular formula is C18H19N3O6. The van der Waals surface area contributed by atoms with Gasteiger partial charge in [0.25, 0.3) is 5.91 Å². The van der Waals surface area contributed by atoms with Gasteiger partial charge in [0, 0.05) is 31.5 Å². The first kappa shape index (κ1) is 19.7. The van der Waals surface area contributed by atoms with E-state index in [0.717, 1.165) is 5.69 Å². The van der Waals surface area contributed by atoms with E-state index in [1.54, 1.807) is 18.2 Å². The molecular weight excluding hydrogens is 354 g/mol. The molecule has 0 aliphatic rings. The van der Waals surface area contributed by atoms with Crippen LogP contribution < -0.4 is 15.0 Å². The van der Waals surface area contributed by atoms with Crippen molar-refractivity contribution in [1.82, 2.24) is 0 Å². The van der Waals surface area contributed by atoms with Crippen molar-refractivity contribution in [2.24, 2.45) is 0 Å². The summed E-state index contributed by atoms with van der Waals surface area (Å²) in [4.78, 5) is 35.7. The third-order valence-electron chi connectivity index (χ3n) is 3.44. The number of hydrogen-bond acceptors (Lipinski definition) is 7. The SMILES string of the molecule is CN(C)c1ccc(NC(=O)COC(=O)COc2ccccc2[N+](=O)[O-])cc1. The molecule has 0 aliphatic carbocycles. The Balaban J connectivity index is 1.78. The first-order valence-corrected chi connectivity index (χ1v) is 7.96. The van der Waals surface area contributed by atoms with E-state index in [0.29, 0.717) is 5.69 Å². The number of carbonyl (C=O) groups excluding carboxylic acids is 2. The van der Waals surface area contributed by atoms with Crippen molar-refractivity contribution in [3.8, 4) is 5.75 Å². The Hall–Kier alpha value is -3.62. The standard InChI is InChI=1S/C18H19N3O6/c1-20(2)14-9-7-13(8-10-14)19-17(22)11-27-18(23)12-26-16-6-4-3-5-15(16)21(24)25/h3-10H,11-12H2,1-2H3,(H,19,22). The number of hydrogen-bond donors (Lipinski definition) is 1. The Morgan fingerprint density at radius 2 is 1.74 bits per heavy atom. The average molecular weight is 373 g/mol. The van der Waals surface area contributed by atoms with Gasteiger partial charge in [-0.25, -0.2) is 4.79 Å². The number of carbonyl (C=O) groups is 2. The van der Waals surface area contributed by atoms with Crippen LogP contribution in [0.1, 0.15) is 0 Å². The highest BCUT2D eigenvalue weighted by Gasteiger charge is 2.16. The minimum atomic E-state index is -0.814. The van der Waals surface area contributed by atoms with Crippen molar-refractivity contribution in [3.05, 3.63) is 58.6 Å². The Kier molecular flexibility index (Phi) is 6.70. The number of nitro groups is 1. The maximum Gasteiger partial charge on any atom is 0.344 e. The number of nitrogens with zero attached hydrogens (tertiary/aromatic N) is 2. The Morgan fingerprint density at radius 3 is 2.37 bits per heavy atom. The highest BCUT2D eigenvalue weighted by atomic mass is 16.6. The number of ether oxygens (including phenoxy) is 2. The second-order valence-corrected chi connectivity index (χ2v) is 5.66. The molecule has 0 atom stereocenters. The smallest absolute Gasteiger partial charge is 0.344 e. The number of para-hydroxylation sites is 2. The number of nitro benzene ring substituents is 1. The Labute approximate surface area is 155 Å². The summed E-state index contributed by atoms with van der Waals surface area (Å²) >= 11 is 0. The number of nitrogens with one attached hydrogen (secondary N) is 1. The summed E-state index contributed by atoms with van der Waals surface area (Å²) in [6, 6.07) is 12.8. The number of rotatable bonds is 8. The summed E-state index contributed by atoms with van der Waals surface area (Å²) in [5.41, 5.74) is 1.29. The normalized spacial score (nSPS) is 10.0. The second-order valence-electron chi connectivity index (χ2n) is 5.66. The van der Waals surface area contributed by atoms with Gasteiger partial charge in [-0.3, -0.25) is 14.9 Å². The van der Waals surface area contributed by atoms with Crippen LogP contribution in [0.25, 0.3) is 0 Å². The topological polar surface area (TPSA) is 111 Å². The van der Waals surface area contributed by atoms with E-state index in [2.05, 4.69) is 5.32 Å². The van der Waals surface area contributed by atoms with Crippen LogP contribution in [0.3, 0.4) is 0 Å². The summed E-state index contributed by atoms with van der Waals surface area (Å²) in [5.74, 6) is -1.37. The van der Waals surface area contributed by atoms with Crippen molar-refractivity contribution in [3.63, 3.8) is 0 Å². The minimum Gasteiger partial charge on any atom is -0.475 e. The maximum absolute atomic E-state index is 11.8. The first-order valence-electron chi connectivity index (χ1n) is 7.96. The largest absolute Gasteiger partial charge is 0.475 e. The first-order chi connectivity index (χ1) is 12.9. The van der Waals surface area contributed by atoms with E-state index < -0.39 is 30.0 Å². The monoisotopic (exact) mass is 373 g/mol. The molecule has 1 N–H and O–H groups in total. The molecule has 27 heavy (non-hydrogen) atoms. The summed E-state index contributed by atoms with van der Waals surface area (Å²) in [7, 11) is 3.80. The molecule has 0 unspecified atom stereocenters. The summed E-state index contributed by atoms with van der Waals surface area (Å²) in [6.07, 6.45) is 0. The second kappa shape index (κ2) is 9.18. The molecule has 2 rings (SSSR count). The van der Waals surface area contributed by atoms with Gasteiger partial charge >= 0.3 is 11.7 Å². The van der Waals surface area contributed by atoms with Gasteiger partial charge in [0.1, 0.15) is 0 Å². The minimum absolute atomic E-state index is 0.0510. The molecule has 0 aliphatic heterocycles. The summed E-state index contributed by atoms with van der Waals surface area (Å²) < 4.78 is 9.90. The van der Waals surface area contributed by atoms with Gasteiger partial charge in [0.05, 0.1) is 4.92 Å².